The van der Waals surface area contributed by atoms with Crippen LogP contribution in [0.4, 0.5) is 5.69 Å². The molecule has 5 heteroatoms. The SMILES string of the molecule is NC(=O)c1ccc(NCc2cccc(C(=O)O)c2)cc1. The van der Waals surface area contributed by atoms with Crippen molar-refractivity contribution in [3.05, 3.63) is 65.2 Å². The third kappa shape index (κ3) is 3.35. The molecule has 5 nitrogen and oxygen atoms in total. The standard InChI is InChI=1S/C15H14N2O3/c16-14(18)11-4-6-13(7-5-11)17-9-10-2-1-3-12(8-10)15(19)20/h1-8,17H,9H2,(H2,16,18)(H,19,20). The summed E-state index contributed by atoms with van der Waals surface area (Å²) in [4.78, 5) is 21.8. The van der Waals surface area contributed by atoms with Crippen LogP contribution < -0.4 is 11.1 Å². The molecule has 0 radical (unpaired) electrons. The fourth-order valence-electron chi connectivity index (χ4n) is 1.77. The molecular weight excluding hydrogens is 256 g/mol. The first-order valence-corrected chi connectivity index (χ1v) is 6.02. The van der Waals surface area contributed by atoms with E-state index in [9.17, 15) is 9.59 Å². The number of hydrogen-bond donors (Lipinski definition) is 3. The van der Waals surface area contributed by atoms with Crippen molar-refractivity contribution in [2.45, 2.75) is 6.54 Å². The number of carbonyl (C=O) groups excluding carboxylic acids is 1. The third-order valence-electron chi connectivity index (χ3n) is 2.84. The molecule has 2 rings (SSSR count). The second kappa shape index (κ2) is 5.88. The fraction of sp³-hybridized carbons (Fsp3) is 0.0667. The van der Waals surface area contributed by atoms with Crippen molar-refractivity contribution >= 4 is 17.6 Å². The Labute approximate surface area is 116 Å². The lowest BCUT2D eigenvalue weighted by atomic mass is 10.1. The minimum atomic E-state index is -0.947. The number of amides is 1. The summed E-state index contributed by atoms with van der Waals surface area (Å²) < 4.78 is 0. The Bertz CT molecular complexity index is 636. The number of rotatable bonds is 5. The van der Waals surface area contributed by atoms with Crippen LogP contribution in [0.2, 0.25) is 0 Å². The highest BCUT2D eigenvalue weighted by Gasteiger charge is 2.03. The maximum atomic E-state index is 10.9. The molecule has 0 aliphatic heterocycles. The van der Waals surface area contributed by atoms with E-state index < -0.39 is 11.9 Å². The van der Waals surface area contributed by atoms with Gasteiger partial charge in [-0.15, -0.1) is 0 Å². The smallest absolute Gasteiger partial charge is 0.335 e. The summed E-state index contributed by atoms with van der Waals surface area (Å²) in [5, 5.41) is 12.1. The molecule has 0 spiro atoms. The van der Waals surface area contributed by atoms with E-state index in [1.807, 2.05) is 6.07 Å². The van der Waals surface area contributed by atoms with E-state index in [4.69, 9.17) is 10.8 Å². The lowest BCUT2D eigenvalue weighted by molar-refractivity contribution is 0.0696. The van der Waals surface area contributed by atoms with E-state index in [-0.39, 0.29) is 5.56 Å². The quantitative estimate of drug-likeness (QED) is 0.775. The third-order valence-corrected chi connectivity index (χ3v) is 2.84. The number of benzene rings is 2. The van der Waals surface area contributed by atoms with E-state index in [1.165, 1.54) is 0 Å². The first-order chi connectivity index (χ1) is 9.56. The maximum absolute atomic E-state index is 10.9. The Morgan fingerprint density at radius 1 is 1.05 bits per heavy atom. The summed E-state index contributed by atoms with van der Waals surface area (Å²) in [5.41, 5.74) is 7.56. The molecule has 0 fully saturated rings. The molecular formula is C15H14N2O3. The van der Waals surface area contributed by atoms with Crippen LogP contribution in [0.5, 0.6) is 0 Å². The summed E-state index contributed by atoms with van der Waals surface area (Å²) in [6.45, 7) is 0.497. The number of hydrogen-bond acceptors (Lipinski definition) is 3. The number of nitrogens with one attached hydrogen (secondary N) is 1. The van der Waals surface area contributed by atoms with Gasteiger partial charge >= 0.3 is 5.97 Å². The Morgan fingerprint density at radius 3 is 2.35 bits per heavy atom. The van der Waals surface area contributed by atoms with Crippen LogP contribution in [0, 0.1) is 0 Å². The van der Waals surface area contributed by atoms with Crippen LogP contribution in [0.3, 0.4) is 0 Å². The van der Waals surface area contributed by atoms with Gasteiger partial charge in [-0.1, -0.05) is 12.1 Å². The summed E-state index contributed by atoms with van der Waals surface area (Å²) in [6.07, 6.45) is 0. The molecule has 2 aromatic carbocycles. The minimum Gasteiger partial charge on any atom is -0.478 e. The number of primary amides is 1. The van der Waals surface area contributed by atoms with Gasteiger partial charge in [0.2, 0.25) is 5.91 Å². The Morgan fingerprint density at radius 2 is 1.75 bits per heavy atom. The average molecular weight is 270 g/mol. The van der Waals surface area contributed by atoms with Crippen molar-refractivity contribution in [3.8, 4) is 0 Å². The fourth-order valence-corrected chi connectivity index (χ4v) is 1.77. The van der Waals surface area contributed by atoms with Gasteiger partial charge in [0.05, 0.1) is 5.56 Å². The predicted octanol–water partition coefficient (Wildman–Crippen LogP) is 2.10. The minimum absolute atomic E-state index is 0.258. The highest BCUT2D eigenvalue weighted by molar-refractivity contribution is 5.93. The average Bonchev–Trinajstić information content (AvgIpc) is 2.46. The summed E-state index contributed by atoms with van der Waals surface area (Å²) in [7, 11) is 0. The van der Waals surface area contributed by atoms with Crippen LogP contribution in [-0.2, 0) is 6.54 Å². The van der Waals surface area contributed by atoms with Crippen LogP contribution in [0.15, 0.2) is 48.5 Å². The molecule has 2 aromatic rings. The van der Waals surface area contributed by atoms with Crippen molar-refractivity contribution in [2.24, 2.45) is 5.73 Å². The molecule has 0 heterocycles. The largest absolute Gasteiger partial charge is 0.478 e. The second-order valence-corrected chi connectivity index (χ2v) is 4.30. The van der Waals surface area contributed by atoms with Crippen LogP contribution >= 0.6 is 0 Å². The molecule has 0 atom stereocenters. The molecule has 4 N–H and O–H groups in total. The Hall–Kier alpha value is -2.82. The van der Waals surface area contributed by atoms with Crippen LogP contribution in [0.1, 0.15) is 26.3 Å². The molecule has 0 saturated carbocycles. The Balaban J connectivity index is 2.03. The molecule has 0 saturated heterocycles. The monoisotopic (exact) mass is 270 g/mol. The molecule has 0 unspecified atom stereocenters. The topological polar surface area (TPSA) is 92.4 Å². The number of anilines is 1. The zero-order chi connectivity index (χ0) is 14.5. The van der Waals surface area contributed by atoms with E-state index in [1.54, 1.807) is 42.5 Å². The highest BCUT2D eigenvalue weighted by Crippen LogP contribution is 2.12. The lowest BCUT2D eigenvalue weighted by Gasteiger charge is -2.07. The first-order valence-electron chi connectivity index (χ1n) is 6.02. The summed E-state index contributed by atoms with van der Waals surface area (Å²) in [6, 6.07) is 13.5. The molecule has 0 aromatic heterocycles. The van der Waals surface area contributed by atoms with Gasteiger partial charge in [-0.05, 0) is 42.0 Å². The zero-order valence-electron chi connectivity index (χ0n) is 10.7. The molecule has 0 bridgehead atoms. The van der Waals surface area contributed by atoms with E-state index in [2.05, 4.69) is 5.32 Å². The zero-order valence-corrected chi connectivity index (χ0v) is 10.7. The normalized spacial score (nSPS) is 10.0. The number of carboxylic acids is 1. The van der Waals surface area contributed by atoms with E-state index >= 15 is 0 Å². The number of aromatic carboxylic acids is 1. The van der Waals surface area contributed by atoms with Gasteiger partial charge in [0.15, 0.2) is 0 Å². The van der Waals surface area contributed by atoms with Gasteiger partial charge in [-0.25, -0.2) is 4.79 Å². The predicted molar refractivity (Wildman–Crippen MR) is 75.7 cm³/mol. The van der Waals surface area contributed by atoms with Crippen LogP contribution in [0.25, 0.3) is 0 Å². The number of nitrogens with two attached hydrogens (primary N) is 1. The second-order valence-electron chi connectivity index (χ2n) is 4.30. The molecule has 102 valence electrons. The molecule has 0 aliphatic rings. The highest BCUT2D eigenvalue weighted by atomic mass is 16.4. The number of carbonyl (C=O) groups is 2. The number of carboxylic acid groups (broad SMARTS) is 1. The Kier molecular flexibility index (Phi) is 4.00. The van der Waals surface area contributed by atoms with Crippen molar-refractivity contribution in [1.29, 1.82) is 0 Å². The van der Waals surface area contributed by atoms with Crippen molar-refractivity contribution in [3.63, 3.8) is 0 Å². The first kappa shape index (κ1) is 13.6. The van der Waals surface area contributed by atoms with Gasteiger partial charge in [0.25, 0.3) is 0 Å². The van der Waals surface area contributed by atoms with E-state index in [0.717, 1.165) is 11.3 Å². The van der Waals surface area contributed by atoms with Crippen LogP contribution in [-0.4, -0.2) is 17.0 Å². The van der Waals surface area contributed by atoms with Crippen molar-refractivity contribution in [2.75, 3.05) is 5.32 Å². The molecule has 1 amide bonds. The van der Waals surface area contributed by atoms with Crippen molar-refractivity contribution in [1.82, 2.24) is 0 Å². The maximum Gasteiger partial charge on any atom is 0.335 e. The van der Waals surface area contributed by atoms with E-state index in [0.29, 0.717) is 12.1 Å². The van der Waals surface area contributed by atoms with Gasteiger partial charge in [-0.3, -0.25) is 4.79 Å². The van der Waals surface area contributed by atoms with Gasteiger partial charge in [-0.2, -0.15) is 0 Å². The van der Waals surface area contributed by atoms with Gasteiger partial charge in [0, 0.05) is 17.8 Å². The van der Waals surface area contributed by atoms with Gasteiger partial charge in [0.1, 0.15) is 0 Å². The summed E-state index contributed by atoms with van der Waals surface area (Å²) >= 11 is 0. The van der Waals surface area contributed by atoms with Gasteiger partial charge < -0.3 is 16.2 Å². The lowest BCUT2D eigenvalue weighted by Crippen LogP contribution is -2.10. The molecule has 0 aliphatic carbocycles. The van der Waals surface area contributed by atoms with Crippen molar-refractivity contribution < 1.29 is 14.7 Å². The molecule has 20 heavy (non-hydrogen) atoms. The summed E-state index contributed by atoms with van der Waals surface area (Å²) in [5.74, 6) is -1.41.